The fourth-order valence-corrected chi connectivity index (χ4v) is 15.0. The van der Waals surface area contributed by atoms with E-state index in [2.05, 4.69) is 423 Å². The summed E-state index contributed by atoms with van der Waals surface area (Å²) in [4.78, 5) is 17.9. The minimum Gasteiger partial charge on any atom is -0.355 e. The van der Waals surface area contributed by atoms with Gasteiger partial charge in [-0.05, 0) is 70.8 Å². The molecule has 1 radical (unpaired) electrons. The molecule has 0 spiro atoms. The molecule has 15 aromatic rings. The largest absolute Gasteiger partial charge is 2.00 e. The smallest absolute Gasteiger partial charge is 0.355 e. The molecule has 2 N–H and O–H groups in total. The summed E-state index contributed by atoms with van der Waals surface area (Å²) < 4.78 is 0. The molecular formula is C92H70B2MnN4. The molecule has 4 nitrogen and oxygen atoms in total. The average Bonchev–Trinajstić information content (AvgIpc) is 1.07. The van der Waals surface area contributed by atoms with Crippen LogP contribution in [0.25, 0.3) is 79.2 Å². The number of fused-ring (bicyclic) bond motifs is 8. The van der Waals surface area contributed by atoms with Crippen molar-refractivity contribution in [1.82, 2.24) is 19.9 Å². The molecule has 5 heterocycles. The summed E-state index contributed by atoms with van der Waals surface area (Å²) >= 11 is 0. The number of hydrogen-bond acceptors (Lipinski definition) is 2. The Bertz CT molecular complexity index is 4890. The maximum Gasteiger partial charge on any atom is 2.00 e. The summed E-state index contributed by atoms with van der Waals surface area (Å²) in [6.07, 6.45) is 3.92. The molecule has 0 fully saturated rings. The minimum atomic E-state index is -1.22. The van der Waals surface area contributed by atoms with E-state index in [9.17, 15) is 0 Å². The summed E-state index contributed by atoms with van der Waals surface area (Å²) in [5.41, 5.74) is 27.1. The first-order chi connectivity index (χ1) is 48.6. The molecule has 99 heavy (non-hydrogen) atoms. The van der Waals surface area contributed by atoms with Gasteiger partial charge in [0.1, 0.15) is 12.3 Å². The van der Waals surface area contributed by atoms with Crippen molar-refractivity contribution in [1.29, 1.82) is 0 Å². The summed E-state index contributed by atoms with van der Waals surface area (Å²) in [6, 6.07) is 140. The van der Waals surface area contributed by atoms with Crippen LogP contribution in [0, 0.1) is 0 Å². The first-order valence-corrected chi connectivity index (χ1v) is 33.8. The monoisotopic (exact) mass is 1310 g/mol. The molecule has 0 saturated carbocycles. The summed E-state index contributed by atoms with van der Waals surface area (Å²) in [5, 5.41) is 0. The van der Waals surface area contributed by atoms with Crippen LogP contribution in [0.15, 0.2) is 394 Å². The molecule has 2 aliphatic rings. The maximum atomic E-state index is 5.42. The quantitative estimate of drug-likeness (QED) is 0.120. The van der Waals surface area contributed by atoms with Gasteiger partial charge in [0.25, 0.3) is 0 Å². The topological polar surface area (TPSA) is 57.4 Å². The Balaban J connectivity index is 0.000000138. The standard InChI is InChI=1S/C44H30N4.2C24H20B.Mn/c1-5-13-29(14-6-1)38-27-37-26-35-22-21-33(45-35)25-34-23-24-36(46-34)28-39-40(30-15-7-2-8-16-30)41(31-17-9-3-10-18-31)44(48-39)42(43(38)47-37)32-19-11-4-12-20-32;2*1-5-13-21(14-6-1)25(22-15-7-2-8-16-22,23-17-9-3-10-18-23)24-19-11-4-12-20-24;/h1-28,45,48H;2*1-20H;/q;2*-1;+2. The van der Waals surface area contributed by atoms with Crippen molar-refractivity contribution < 1.29 is 17.1 Å². The van der Waals surface area contributed by atoms with Crippen LogP contribution >= 0.6 is 0 Å². The maximum absolute atomic E-state index is 5.42. The Kier molecular flexibility index (Phi) is 19.4. The third kappa shape index (κ3) is 13.2. The summed E-state index contributed by atoms with van der Waals surface area (Å²) in [6.45, 7) is 0. The predicted molar refractivity (Wildman–Crippen MR) is 420 cm³/mol. The number of aromatic amines is 2. The molecule has 0 aliphatic carbocycles. The van der Waals surface area contributed by atoms with Gasteiger partial charge in [0.2, 0.25) is 0 Å². The Hall–Kier alpha value is -12.1. The average molecular weight is 1310 g/mol. The fraction of sp³-hybridized carbons (Fsp3) is 0. The Morgan fingerprint density at radius 2 is 0.505 bits per heavy atom. The van der Waals surface area contributed by atoms with E-state index in [-0.39, 0.29) is 17.1 Å². The van der Waals surface area contributed by atoms with E-state index in [0.717, 1.165) is 89.4 Å². The Morgan fingerprint density at radius 1 is 0.232 bits per heavy atom. The first kappa shape index (κ1) is 64.2. The zero-order chi connectivity index (χ0) is 65.8. The molecule has 3 aromatic heterocycles. The van der Waals surface area contributed by atoms with Crippen molar-refractivity contribution >= 4 is 102 Å². The van der Waals surface area contributed by atoms with Crippen LogP contribution < -0.4 is 43.7 Å². The van der Waals surface area contributed by atoms with Gasteiger partial charge < -0.3 is 9.97 Å². The number of nitrogens with zero attached hydrogens (tertiary/aromatic N) is 2. The number of rotatable bonds is 12. The molecule has 7 heteroatoms. The normalized spacial score (nSPS) is 11.6. The van der Waals surface area contributed by atoms with Crippen LogP contribution in [-0.2, 0) is 17.1 Å². The van der Waals surface area contributed by atoms with Crippen LogP contribution in [0.3, 0.4) is 0 Å². The second-order valence-corrected chi connectivity index (χ2v) is 25.1. The zero-order valence-electron chi connectivity index (χ0n) is 54.7. The fourth-order valence-electron chi connectivity index (χ4n) is 15.0. The van der Waals surface area contributed by atoms with Gasteiger partial charge in [0.15, 0.2) is 0 Å². The van der Waals surface area contributed by atoms with Gasteiger partial charge in [0.05, 0.1) is 28.3 Å². The van der Waals surface area contributed by atoms with Gasteiger partial charge in [-0.15, -0.1) is 0 Å². The molecule has 471 valence electrons. The van der Waals surface area contributed by atoms with Gasteiger partial charge in [0, 0.05) is 38.8 Å². The van der Waals surface area contributed by atoms with Crippen molar-refractivity contribution in [2.45, 2.75) is 0 Å². The molecule has 0 unspecified atom stereocenters. The second kappa shape index (κ2) is 29.9. The number of aromatic nitrogens is 4. The van der Waals surface area contributed by atoms with Gasteiger partial charge in [-0.3, -0.25) is 0 Å². The van der Waals surface area contributed by atoms with E-state index >= 15 is 0 Å². The molecule has 0 amide bonds. The number of hydrogen-bond donors (Lipinski definition) is 2. The molecule has 8 bridgehead atoms. The van der Waals surface area contributed by atoms with Crippen molar-refractivity contribution in [2.24, 2.45) is 0 Å². The van der Waals surface area contributed by atoms with Gasteiger partial charge in [-0.1, -0.05) is 364 Å². The van der Waals surface area contributed by atoms with E-state index in [1.165, 1.54) is 43.7 Å². The van der Waals surface area contributed by atoms with Crippen molar-refractivity contribution in [3.63, 3.8) is 0 Å². The van der Waals surface area contributed by atoms with Gasteiger partial charge in [-0.25, -0.2) is 9.97 Å². The van der Waals surface area contributed by atoms with Crippen LogP contribution in [0.1, 0.15) is 28.3 Å². The molecular weight excluding hydrogens is 1240 g/mol. The van der Waals surface area contributed by atoms with E-state index in [1.807, 2.05) is 0 Å². The Morgan fingerprint density at radius 3 is 0.838 bits per heavy atom. The van der Waals surface area contributed by atoms with E-state index < -0.39 is 12.3 Å². The summed E-state index contributed by atoms with van der Waals surface area (Å²) in [7, 11) is 0. The van der Waals surface area contributed by atoms with Crippen LogP contribution in [0.4, 0.5) is 0 Å². The minimum absolute atomic E-state index is 0. The van der Waals surface area contributed by atoms with Crippen LogP contribution in [0.2, 0.25) is 0 Å². The van der Waals surface area contributed by atoms with Crippen LogP contribution in [-0.4, -0.2) is 32.2 Å². The van der Waals surface area contributed by atoms with Crippen molar-refractivity contribution in [3.8, 4) is 33.4 Å². The summed E-state index contributed by atoms with van der Waals surface area (Å²) in [5.74, 6) is 0. The number of H-pyrrole nitrogens is 2. The molecule has 2 aliphatic heterocycles. The van der Waals surface area contributed by atoms with Gasteiger partial charge >= 0.3 is 17.1 Å². The van der Waals surface area contributed by atoms with E-state index in [1.54, 1.807) is 0 Å². The van der Waals surface area contributed by atoms with Crippen molar-refractivity contribution in [2.75, 3.05) is 0 Å². The van der Waals surface area contributed by atoms with Crippen LogP contribution in [0.5, 0.6) is 0 Å². The second-order valence-electron chi connectivity index (χ2n) is 25.1. The molecule has 0 saturated heterocycles. The third-order valence-electron chi connectivity index (χ3n) is 19.3. The third-order valence-corrected chi connectivity index (χ3v) is 19.3. The van der Waals surface area contributed by atoms with E-state index in [0.29, 0.717) is 0 Å². The van der Waals surface area contributed by atoms with E-state index in [4.69, 9.17) is 9.97 Å². The van der Waals surface area contributed by atoms with Gasteiger partial charge in [-0.2, -0.15) is 43.7 Å². The SMILES string of the molecule is C1=Cc2cc3[nH]c(c(-c4ccccc4)c4nc(cc5ccc(cc1n2)[nH]5)C=C4c1ccccc1)c(-c1ccccc1)c3-c1ccccc1.[Mn+2].c1ccc([B-](c2ccccc2)(c2ccccc2)c2ccccc2)cc1.c1ccc([B-](c2ccccc2)(c2ccccc2)c2ccccc2)cc1. The Labute approximate surface area is 590 Å². The molecule has 0 atom stereocenters. The first-order valence-electron chi connectivity index (χ1n) is 33.8. The zero-order valence-corrected chi connectivity index (χ0v) is 55.9. The number of nitrogens with one attached hydrogen (secondary N) is 2. The molecule has 12 aromatic carbocycles. The predicted octanol–water partition coefficient (Wildman–Crippen LogP) is 17.2. The molecule has 17 rings (SSSR count). The van der Waals surface area contributed by atoms with Crippen molar-refractivity contribution in [3.05, 3.63) is 423 Å². The number of benzene rings is 12.